The summed E-state index contributed by atoms with van der Waals surface area (Å²) in [6.07, 6.45) is 75.9. The minimum absolute atomic E-state index is 0.0439. The Morgan fingerprint density at radius 2 is 0.732 bits per heavy atom. The third kappa shape index (κ3) is 55.8. The van der Waals surface area contributed by atoms with Gasteiger partial charge in [0, 0.05) is 19.4 Å². The van der Waals surface area contributed by atoms with Gasteiger partial charge in [-0.25, -0.2) is 4.57 Å². The van der Waals surface area contributed by atoms with E-state index in [2.05, 4.69) is 123 Å². The van der Waals surface area contributed by atoms with Crippen LogP contribution in [0, 0.1) is 0 Å². The first-order valence-corrected chi connectivity index (χ1v) is 29.9. The fraction of sp³-hybridized carbons (Fsp3) is 0.672. The quantitative estimate of drug-likeness (QED) is 0.0264. The predicted octanol–water partition coefficient (Wildman–Crippen LogP) is 17.8. The van der Waals surface area contributed by atoms with Crippen LogP contribution < -0.4 is 5.73 Å². The summed E-state index contributed by atoms with van der Waals surface area (Å²) in [6, 6.07) is 0. The summed E-state index contributed by atoms with van der Waals surface area (Å²) in [5.41, 5.74) is 5.37. The van der Waals surface area contributed by atoms with Gasteiger partial charge in [-0.3, -0.25) is 18.6 Å². The molecule has 0 heterocycles. The van der Waals surface area contributed by atoms with Crippen LogP contribution in [0.5, 0.6) is 0 Å². The predicted molar refractivity (Wildman–Crippen MR) is 302 cm³/mol. The van der Waals surface area contributed by atoms with Gasteiger partial charge >= 0.3 is 19.8 Å². The number of rotatable bonds is 52. The molecule has 0 aromatic carbocycles. The first-order valence-electron chi connectivity index (χ1n) is 28.4. The number of esters is 2. The van der Waals surface area contributed by atoms with Gasteiger partial charge in [0.25, 0.3) is 0 Å². The van der Waals surface area contributed by atoms with E-state index < -0.39 is 32.5 Å². The molecule has 0 spiro atoms. The minimum Gasteiger partial charge on any atom is -0.462 e. The average molecular weight is 1010 g/mol. The van der Waals surface area contributed by atoms with Crippen molar-refractivity contribution in [2.24, 2.45) is 5.73 Å². The number of carbonyl (C=O) groups excluding carboxylic acids is 2. The van der Waals surface area contributed by atoms with E-state index in [0.29, 0.717) is 12.8 Å². The number of hydrogen-bond donors (Lipinski definition) is 2. The number of nitrogens with two attached hydrogens (primary N) is 1. The zero-order valence-corrected chi connectivity index (χ0v) is 46.1. The van der Waals surface area contributed by atoms with Crippen molar-refractivity contribution in [1.82, 2.24) is 0 Å². The Morgan fingerprint density at radius 1 is 0.423 bits per heavy atom. The van der Waals surface area contributed by atoms with E-state index in [0.717, 1.165) is 89.9 Å². The highest BCUT2D eigenvalue weighted by Gasteiger charge is 2.26. The molecule has 0 radical (unpaired) electrons. The van der Waals surface area contributed by atoms with Gasteiger partial charge < -0.3 is 20.1 Å². The molecule has 9 nitrogen and oxygen atoms in total. The molecule has 0 aliphatic heterocycles. The smallest absolute Gasteiger partial charge is 0.462 e. The molecule has 2 atom stereocenters. The lowest BCUT2D eigenvalue weighted by molar-refractivity contribution is -0.161. The highest BCUT2D eigenvalue weighted by Crippen LogP contribution is 2.43. The largest absolute Gasteiger partial charge is 0.472 e. The number of phosphoric ester groups is 1. The van der Waals surface area contributed by atoms with E-state index >= 15 is 0 Å². The third-order valence-electron chi connectivity index (χ3n) is 11.7. The Hall–Kier alpha value is -3.33. The number of ether oxygens (including phenoxy) is 2. The van der Waals surface area contributed by atoms with Crippen LogP contribution in [0.1, 0.15) is 232 Å². The molecule has 0 rings (SSSR count). The standard InChI is InChI=1S/C61H104NO8P/c1-3-5-7-9-11-13-15-17-19-20-21-22-23-24-25-26-27-28-29-30-31-32-33-34-35-36-37-38-40-42-44-46-48-50-52-54-61(64)70-59(58-69-71(65,66)68-56-55-62)57-67-60(63)53-51-49-47-45-43-41-39-18-16-14-12-10-8-6-4-2/h5-8,11-14,17-19,21-22,24-25,39,43,45,59H,3-4,9-10,15-16,20,23,26-38,40-42,44,46-58,62H2,1-2H3,(H,65,66)/b7-5-,8-6-,13-11-,14-12-,19-17-,22-21-,25-24-,39-18-,45-43-. The number of allylic oxidation sites excluding steroid dienone is 18. The normalized spacial score (nSPS) is 13.9. The van der Waals surface area contributed by atoms with Crippen molar-refractivity contribution in [3.8, 4) is 0 Å². The molecule has 0 saturated heterocycles. The van der Waals surface area contributed by atoms with Gasteiger partial charge in [0.1, 0.15) is 6.61 Å². The van der Waals surface area contributed by atoms with Crippen LogP contribution in [0.3, 0.4) is 0 Å². The van der Waals surface area contributed by atoms with Crippen molar-refractivity contribution in [2.75, 3.05) is 26.4 Å². The van der Waals surface area contributed by atoms with Crippen LogP contribution >= 0.6 is 7.82 Å². The van der Waals surface area contributed by atoms with Crippen molar-refractivity contribution in [2.45, 2.75) is 238 Å². The van der Waals surface area contributed by atoms with Gasteiger partial charge in [0.15, 0.2) is 6.10 Å². The second-order valence-electron chi connectivity index (χ2n) is 18.4. The molecular weight excluding hydrogens is 906 g/mol. The van der Waals surface area contributed by atoms with Crippen LogP contribution in [0.25, 0.3) is 0 Å². The molecule has 0 aliphatic carbocycles. The lowest BCUT2D eigenvalue weighted by Crippen LogP contribution is -2.29. The number of phosphoric acid groups is 1. The van der Waals surface area contributed by atoms with Gasteiger partial charge in [-0.1, -0.05) is 232 Å². The SMILES string of the molecule is CC/C=C\C/C=C\C/C=C\C/C=C\C/C=C\CCCCCCCCCCCCCCCCCCCCCC(=O)OC(COC(=O)CCCC/C=C\C/C=C\C/C=C\C/C=C\CC)COP(=O)(O)OCCN. The Balaban J connectivity index is 3.91. The zero-order chi connectivity index (χ0) is 51.7. The Labute approximate surface area is 435 Å². The van der Waals surface area contributed by atoms with E-state index in [-0.39, 0.29) is 32.6 Å². The van der Waals surface area contributed by atoms with Gasteiger partial charge in [-0.05, 0) is 96.3 Å². The highest BCUT2D eigenvalue weighted by molar-refractivity contribution is 7.47. The Morgan fingerprint density at radius 3 is 1.11 bits per heavy atom. The van der Waals surface area contributed by atoms with Gasteiger partial charge in [-0.2, -0.15) is 0 Å². The lowest BCUT2D eigenvalue weighted by Gasteiger charge is -2.19. The monoisotopic (exact) mass is 1010 g/mol. The molecule has 0 bridgehead atoms. The maximum Gasteiger partial charge on any atom is 0.472 e. The van der Waals surface area contributed by atoms with Crippen LogP contribution in [0.15, 0.2) is 109 Å². The number of unbranched alkanes of at least 4 members (excludes halogenated alkanes) is 21. The van der Waals surface area contributed by atoms with Crippen LogP contribution in [-0.2, 0) is 32.7 Å². The molecule has 0 saturated carbocycles. The van der Waals surface area contributed by atoms with Crippen molar-refractivity contribution in [3.05, 3.63) is 109 Å². The minimum atomic E-state index is -4.40. The molecule has 10 heteroatoms. The maximum absolute atomic E-state index is 12.7. The molecule has 406 valence electrons. The van der Waals surface area contributed by atoms with Gasteiger partial charge in [0.2, 0.25) is 0 Å². The summed E-state index contributed by atoms with van der Waals surface area (Å²) in [5.74, 6) is -0.877. The first-order chi connectivity index (χ1) is 34.8. The van der Waals surface area contributed by atoms with Crippen LogP contribution in [0.4, 0.5) is 0 Å². The van der Waals surface area contributed by atoms with E-state index in [4.69, 9.17) is 24.3 Å². The molecule has 71 heavy (non-hydrogen) atoms. The number of carbonyl (C=O) groups is 2. The van der Waals surface area contributed by atoms with E-state index in [1.54, 1.807) is 0 Å². The summed E-state index contributed by atoms with van der Waals surface area (Å²) in [4.78, 5) is 35.1. The number of hydrogen-bond acceptors (Lipinski definition) is 8. The molecule has 0 amide bonds. The first kappa shape index (κ1) is 67.7. The summed E-state index contributed by atoms with van der Waals surface area (Å²) < 4.78 is 32.9. The van der Waals surface area contributed by atoms with Crippen molar-refractivity contribution in [3.63, 3.8) is 0 Å². The fourth-order valence-corrected chi connectivity index (χ4v) is 8.30. The Bertz CT molecular complexity index is 1530. The second-order valence-corrected chi connectivity index (χ2v) is 19.8. The average Bonchev–Trinajstić information content (AvgIpc) is 3.36. The zero-order valence-electron chi connectivity index (χ0n) is 45.2. The van der Waals surface area contributed by atoms with Gasteiger partial charge in [0.05, 0.1) is 13.2 Å². The van der Waals surface area contributed by atoms with Crippen molar-refractivity contribution >= 4 is 19.8 Å². The maximum atomic E-state index is 12.7. The topological polar surface area (TPSA) is 134 Å². The second kappa shape index (κ2) is 56.0. The summed E-state index contributed by atoms with van der Waals surface area (Å²) in [5, 5.41) is 0. The van der Waals surface area contributed by atoms with E-state index in [9.17, 15) is 19.0 Å². The molecule has 0 aromatic heterocycles. The molecule has 0 fully saturated rings. The molecule has 2 unspecified atom stereocenters. The van der Waals surface area contributed by atoms with E-state index in [1.807, 2.05) is 0 Å². The summed E-state index contributed by atoms with van der Waals surface area (Å²) in [7, 11) is -4.40. The highest BCUT2D eigenvalue weighted by atomic mass is 31.2. The van der Waals surface area contributed by atoms with Gasteiger partial charge in [-0.15, -0.1) is 0 Å². The van der Waals surface area contributed by atoms with Crippen LogP contribution in [0.2, 0.25) is 0 Å². The van der Waals surface area contributed by atoms with Crippen molar-refractivity contribution < 1.29 is 37.6 Å². The van der Waals surface area contributed by atoms with E-state index in [1.165, 1.54) is 103 Å². The molecule has 3 N–H and O–H groups in total. The lowest BCUT2D eigenvalue weighted by atomic mass is 10.0. The fourth-order valence-electron chi connectivity index (χ4n) is 7.54. The molecular formula is C61H104NO8P. The van der Waals surface area contributed by atoms with Crippen molar-refractivity contribution in [1.29, 1.82) is 0 Å². The molecule has 0 aromatic rings. The van der Waals surface area contributed by atoms with Crippen LogP contribution in [-0.4, -0.2) is 49.3 Å². The summed E-state index contributed by atoms with van der Waals surface area (Å²) >= 11 is 0. The third-order valence-corrected chi connectivity index (χ3v) is 12.6. The molecule has 0 aliphatic rings. The summed E-state index contributed by atoms with van der Waals surface area (Å²) in [6.45, 7) is 3.46. The Kier molecular flexibility index (Phi) is 53.3.